The molecule has 136 valence electrons. The van der Waals surface area contributed by atoms with Crippen LogP contribution in [-0.2, 0) is 11.3 Å². The van der Waals surface area contributed by atoms with Crippen LogP contribution in [0.4, 0.5) is 0 Å². The van der Waals surface area contributed by atoms with Crippen molar-refractivity contribution in [2.45, 2.75) is 20.4 Å². The largest absolute Gasteiger partial charge is 0.380 e. The van der Waals surface area contributed by atoms with Gasteiger partial charge in [0, 0.05) is 23.7 Å². The van der Waals surface area contributed by atoms with Crippen molar-refractivity contribution < 1.29 is 9.53 Å². The van der Waals surface area contributed by atoms with Gasteiger partial charge in [-0.2, -0.15) is 4.99 Å². The summed E-state index contributed by atoms with van der Waals surface area (Å²) in [5.41, 5.74) is 2.39. The third kappa shape index (κ3) is 4.18. The number of hydrogen-bond donors (Lipinski definition) is 0. The number of aryl methyl sites for hydroxylation is 1. The van der Waals surface area contributed by atoms with Gasteiger partial charge in [0.15, 0.2) is 4.80 Å². The molecule has 0 saturated carbocycles. The third-order valence-electron chi connectivity index (χ3n) is 3.82. The Balaban J connectivity index is 2.12. The Bertz CT molecular complexity index is 1020. The first kappa shape index (κ1) is 19.1. The van der Waals surface area contributed by atoms with E-state index in [1.165, 1.54) is 11.3 Å². The van der Waals surface area contributed by atoms with E-state index in [0.29, 0.717) is 40.2 Å². The number of rotatable bonds is 5. The van der Waals surface area contributed by atoms with E-state index in [9.17, 15) is 4.79 Å². The van der Waals surface area contributed by atoms with Crippen LogP contribution in [-0.4, -0.2) is 23.7 Å². The minimum absolute atomic E-state index is 0.285. The van der Waals surface area contributed by atoms with E-state index in [-0.39, 0.29) is 5.91 Å². The van der Waals surface area contributed by atoms with Crippen LogP contribution in [0.15, 0.2) is 41.4 Å². The number of benzene rings is 2. The molecule has 26 heavy (non-hydrogen) atoms. The molecule has 1 amide bonds. The number of amides is 1. The van der Waals surface area contributed by atoms with Gasteiger partial charge in [-0.3, -0.25) is 4.79 Å². The Hall–Kier alpha value is -1.66. The Morgan fingerprint density at radius 3 is 2.81 bits per heavy atom. The van der Waals surface area contributed by atoms with Crippen LogP contribution >= 0.6 is 34.5 Å². The van der Waals surface area contributed by atoms with Crippen LogP contribution in [0.3, 0.4) is 0 Å². The monoisotopic (exact) mass is 408 g/mol. The van der Waals surface area contributed by atoms with Crippen LogP contribution in [0, 0.1) is 6.92 Å². The van der Waals surface area contributed by atoms with Crippen LogP contribution in [0.25, 0.3) is 10.2 Å². The molecule has 0 aliphatic carbocycles. The summed E-state index contributed by atoms with van der Waals surface area (Å²) >= 11 is 13.9. The fraction of sp³-hybridized carbons (Fsp3) is 0.263. The maximum Gasteiger partial charge on any atom is 0.279 e. The van der Waals surface area contributed by atoms with E-state index in [1.54, 1.807) is 12.1 Å². The second-order valence-electron chi connectivity index (χ2n) is 5.75. The molecule has 3 rings (SSSR count). The highest BCUT2D eigenvalue weighted by molar-refractivity contribution is 7.16. The zero-order chi connectivity index (χ0) is 18.7. The second-order valence-corrected chi connectivity index (χ2v) is 7.61. The lowest BCUT2D eigenvalue weighted by atomic mass is 10.1. The lowest BCUT2D eigenvalue weighted by Gasteiger charge is -2.07. The van der Waals surface area contributed by atoms with Crippen LogP contribution in [0.5, 0.6) is 0 Å². The van der Waals surface area contributed by atoms with E-state index in [1.807, 2.05) is 42.7 Å². The Morgan fingerprint density at radius 1 is 1.27 bits per heavy atom. The molecule has 4 nitrogen and oxygen atoms in total. The standard InChI is InChI=1S/C19H18Cl2N2O2S/c1-3-25-8-7-23-17-15(21)10-14(20)11-16(17)26-19(23)22-18(24)13-6-4-5-12(2)9-13/h4-6,9-11H,3,7-8H2,1-2H3. The number of nitrogens with zero attached hydrogens (tertiary/aromatic N) is 2. The number of thiazole rings is 1. The molecule has 1 aromatic heterocycles. The predicted octanol–water partition coefficient (Wildman–Crippen LogP) is 5.10. The van der Waals surface area contributed by atoms with Crippen LogP contribution in [0.1, 0.15) is 22.8 Å². The van der Waals surface area contributed by atoms with Crippen molar-refractivity contribution in [1.29, 1.82) is 0 Å². The summed E-state index contributed by atoms with van der Waals surface area (Å²) in [6, 6.07) is 10.9. The van der Waals surface area contributed by atoms with Crippen molar-refractivity contribution in [2.75, 3.05) is 13.2 Å². The minimum Gasteiger partial charge on any atom is -0.380 e. The zero-order valence-corrected chi connectivity index (χ0v) is 16.8. The van der Waals surface area contributed by atoms with Gasteiger partial charge in [-0.25, -0.2) is 0 Å². The molecular formula is C19H18Cl2N2O2S. The van der Waals surface area contributed by atoms with Gasteiger partial charge in [-0.15, -0.1) is 0 Å². The Kier molecular flexibility index (Phi) is 6.14. The fourth-order valence-electron chi connectivity index (χ4n) is 2.65. The molecule has 1 heterocycles. The highest BCUT2D eigenvalue weighted by Crippen LogP contribution is 2.29. The molecule has 0 radical (unpaired) electrons. The van der Waals surface area contributed by atoms with E-state index in [0.717, 1.165) is 15.8 Å². The SMILES string of the molecule is CCOCCn1c(=NC(=O)c2cccc(C)c2)sc2cc(Cl)cc(Cl)c21. The van der Waals surface area contributed by atoms with Crippen molar-refractivity contribution in [3.8, 4) is 0 Å². The highest BCUT2D eigenvalue weighted by atomic mass is 35.5. The average molecular weight is 409 g/mol. The predicted molar refractivity (Wildman–Crippen MR) is 107 cm³/mol. The van der Waals surface area contributed by atoms with Gasteiger partial charge in [0.25, 0.3) is 5.91 Å². The van der Waals surface area contributed by atoms with Gasteiger partial charge in [-0.1, -0.05) is 52.2 Å². The first-order valence-corrected chi connectivity index (χ1v) is 9.78. The molecule has 0 aliphatic heterocycles. The van der Waals surface area contributed by atoms with Crippen molar-refractivity contribution in [3.05, 3.63) is 62.4 Å². The van der Waals surface area contributed by atoms with Crippen LogP contribution in [0.2, 0.25) is 10.0 Å². The highest BCUT2D eigenvalue weighted by Gasteiger charge is 2.13. The summed E-state index contributed by atoms with van der Waals surface area (Å²) in [4.78, 5) is 17.5. The van der Waals surface area contributed by atoms with Crippen molar-refractivity contribution in [3.63, 3.8) is 0 Å². The number of halogens is 2. The molecule has 0 aliphatic rings. The van der Waals surface area contributed by atoms with Gasteiger partial charge in [0.05, 0.1) is 21.8 Å². The number of hydrogen-bond acceptors (Lipinski definition) is 3. The van der Waals surface area contributed by atoms with Gasteiger partial charge < -0.3 is 9.30 Å². The molecule has 0 saturated heterocycles. The molecule has 3 aromatic rings. The molecule has 0 N–H and O–H groups in total. The second kappa shape index (κ2) is 8.35. The van der Waals surface area contributed by atoms with Gasteiger partial charge >= 0.3 is 0 Å². The lowest BCUT2D eigenvalue weighted by Crippen LogP contribution is -2.20. The van der Waals surface area contributed by atoms with E-state index in [4.69, 9.17) is 27.9 Å². The topological polar surface area (TPSA) is 43.6 Å². The quantitative estimate of drug-likeness (QED) is 0.551. The molecular weight excluding hydrogens is 391 g/mol. The van der Waals surface area contributed by atoms with Gasteiger partial charge in [0.1, 0.15) is 0 Å². The molecule has 0 spiro atoms. The number of ether oxygens (including phenoxy) is 1. The first-order chi connectivity index (χ1) is 12.5. The fourth-order valence-corrected chi connectivity index (χ4v) is 4.49. The van der Waals surface area contributed by atoms with Crippen molar-refractivity contribution in [2.24, 2.45) is 4.99 Å². The average Bonchev–Trinajstić information content (AvgIpc) is 2.92. The van der Waals surface area contributed by atoms with Crippen molar-refractivity contribution >= 4 is 50.7 Å². The number of carbonyl (C=O) groups is 1. The molecule has 0 fully saturated rings. The summed E-state index contributed by atoms with van der Waals surface area (Å²) < 4.78 is 8.27. The van der Waals surface area contributed by atoms with Gasteiger partial charge in [-0.05, 0) is 38.1 Å². The molecule has 0 bridgehead atoms. The van der Waals surface area contributed by atoms with Gasteiger partial charge in [0.2, 0.25) is 0 Å². The molecule has 7 heteroatoms. The summed E-state index contributed by atoms with van der Waals surface area (Å²) in [5, 5.41) is 1.09. The summed E-state index contributed by atoms with van der Waals surface area (Å²) in [5.74, 6) is -0.285. The summed E-state index contributed by atoms with van der Waals surface area (Å²) in [7, 11) is 0. The minimum atomic E-state index is -0.285. The molecule has 2 aromatic carbocycles. The van der Waals surface area contributed by atoms with E-state index in [2.05, 4.69) is 4.99 Å². The van der Waals surface area contributed by atoms with Crippen LogP contribution < -0.4 is 4.80 Å². The maximum atomic E-state index is 12.6. The zero-order valence-electron chi connectivity index (χ0n) is 14.5. The lowest BCUT2D eigenvalue weighted by molar-refractivity contribution is 0.0996. The van der Waals surface area contributed by atoms with E-state index >= 15 is 0 Å². The molecule has 0 atom stereocenters. The molecule has 0 unspecified atom stereocenters. The Morgan fingerprint density at radius 2 is 2.08 bits per heavy atom. The number of aromatic nitrogens is 1. The van der Waals surface area contributed by atoms with E-state index < -0.39 is 0 Å². The third-order valence-corrected chi connectivity index (χ3v) is 5.35. The number of carbonyl (C=O) groups excluding carboxylic acids is 1. The Labute approximate surface area is 165 Å². The maximum absolute atomic E-state index is 12.6. The number of fused-ring (bicyclic) bond motifs is 1. The normalized spacial score (nSPS) is 12.1. The summed E-state index contributed by atoms with van der Waals surface area (Å²) in [6.07, 6.45) is 0. The van der Waals surface area contributed by atoms with Crippen molar-refractivity contribution in [1.82, 2.24) is 4.57 Å². The first-order valence-electron chi connectivity index (χ1n) is 8.21. The summed E-state index contributed by atoms with van der Waals surface area (Å²) in [6.45, 7) is 5.56. The smallest absolute Gasteiger partial charge is 0.279 e.